The van der Waals surface area contributed by atoms with Gasteiger partial charge >= 0.3 is 0 Å². The molecular formula is C16H17N3O. The van der Waals surface area contributed by atoms with Crippen LogP contribution in [-0.2, 0) is 13.5 Å². The Morgan fingerprint density at radius 2 is 2.25 bits per heavy atom. The summed E-state index contributed by atoms with van der Waals surface area (Å²) in [6.45, 7) is 2.72. The third kappa shape index (κ3) is 1.67. The van der Waals surface area contributed by atoms with E-state index in [0.29, 0.717) is 0 Å². The molecule has 1 aliphatic heterocycles. The Kier molecular flexibility index (Phi) is 2.90. The van der Waals surface area contributed by atoms with Gasteiger partial charge in [-0.1, -0.05) is 0 Å². The van der Waals surface area contributed by atoms with Crippen LogP contribution in [0.5, 0.6) is 5.75 Å². The molecule has 1 aliphatic rings. The van der Waals surface area contributed by atoms with Gasteiger partial charge in [-0.2, -0.15) is 5.26 Å². The minimum absolute atomic E-state index is 0.726. The molecule has 0 bridgehead atoms. The monoisotopic (exact) mass is 267 g/mol. The maximum atomic E-state index is 9.18. The summed E-state index contributed by atoms with van der Waals surface area (Å²) in [4.78, 5) is 0. The van der Waals surface area contributed by atoms with Gasteiger partial charge in [-0.3, -0.25) is 0 Å². The average Bonchev–Trinajstić information content (AvgIpc) is 2.79. The Morgan fingerprint density at radius 3 is 2.95 bits per heavy atom. The number of aromatic nitrogens is 1. The molecule has 0 spiro atoms. The van der Waals surface area contributed by atoms with E-state index >= 15 is 0 Å². The smallest absolute Gasteiger partial charge is 0.119 e. The van der Waals surface area contributed by atoms with Crippen LogP contribution >= 0.6 is 0 Å². The number of hydrogen-bond donors (Lipinski definition) is 1. The Hall–Kier alpha value is -2.41. The molecule has 1 aromatic heterocycles. The first-order valence-corrected chi connectivity index (χ1v) is 6.68. The minimum atomic E-state index is 0.726. The summed E-state index contributed by atoms with van der Waals surface area (Å²) in [6.07, 6.45) is 0.960. The molecule has 4 nitrogen and oxygen atoms in total. The number of rotatable bonds is 1. The van der Waals surface area contributed by atoms with Gasteiger partial charge in [-0.15, -0.1) is 0 Å². The normalized spacial score (nSPS) is 16.3. The van der Waals surface area contributed by atoms with E-state index in [4.69, 9.17) is 4.74 Å². The fraction of sp³-hybridized carbons (Fsp3) is 0.312. The molecule has 2 aromatic rings. The Morgan fingerprint density at radius 1 is 1.45 bits per heavy atom. The Labute approximate surface area is 118 Å². The van der Waals surface area contributed by atoms with Gasteiger partial charge in [-0.05, 0) is 37.1 Å². The van der Waals surface area contributed by atoms with E-state index in [1.807, 2.05) is 20.0 Å². The molecule has 1 aromatic carbocycles. The summed E-state index contributed by atoms with van der Waals surface area (Å²) >= 11 is 0. The molecule has 102 valence electrons. The van der Waals surface area contributed by atoms with E-state index in [1.54, 1.807) is 7.11 Å². The minimum Gasteiger partial charge on any atom is -0.497 e. The highest BCUT2D eigenvalue weighted by Crippen LogP contribution is 2.34. The van der Waals surface area contributed by atoms with Gasteiger partial charge in [0.25, 0.3) is 0 Å². The lowest BCUT2D eigenvalue weighted by molar-refractivity contribution is 0.415. The number of nitriles is 1. The molecule has 0 radical (unpaired) electrons. The number of nitrogens with zero attached hydrogens (tertiary/aromatic N) is 2. The van der Waals surface area contributed by atoms with Crippen LogP contribution in [0.15, 0.2) is 23.8 Å². The summed E-state index contributed by atoms with van der Waals surface area (Å²) < 4.78 is 7.49. The average molecular weight is 267 g/mol. The molecule has 0 atom stereocenters. The Balaban J connectivity index is 2.36. The topological polar surface area (TPSA) is 50.0 Å². The van der Waals surface area contributed by atoms with Crippen molar-refractivity contribution in [3.05, 3.63) is 35.0 Å². The quantitative estimate of drug-likeness (QED) is 0.808. The standard InChI is InChI=1S/C16H17N3O/c1-10(9-17)15-16-12(6-7-18-15)13-8-11(20-3)4-5-14(13)19(16)2/h4-5,8,18H,6-7H2,1-3H3/b15-10-. The summed E-state index contributed by atoms with van der Waals surface area (Å²) in [6, 6.07) is 8.38. The van der Waals surface area contributed by atoms with Gasteiger partial charge in [0.2, 0.25) is 0 Å². The highest BCUT2D eigenvalue weighted by molar-refractivity contribution is 5.92. The molecule has 20 heavy (non-hydrogen) atoms. The van der Waals surface area contributed by atoms with Crippen LogP contribution < -0.4 is 10.1 Å². The van der Waals surface area contributed by atoms with Crippen LogP contribution in [0.25, 0.3) is 16.6 Å². The van der Waals surface area contributed by atoms with E-state index in [1.165, 1.54) is 16.5 Å². The lowest BCUT2D eigenvalue weighted by Crippen LogP contribution is -2.24. The molecule has 4 heteroatoms. The van der Waals surface area contributed by atoms with Crippen molar-refractivity contribution in [2.45, 2.75) is 13.3 Å². The molecule has 1 N–H and O–H groups in total. The number of benzene rings is 1. The van der Waals surface area contributed by atoms with E-state index in [-0.39, 0.29) is 0 Å². The van der Waals surface area contributed by atoms with E-state index in [9.17, 15) is 5.26 Å². The molecule has 2 heterocycles. The number of ether oxygens (including phenoxy) is 1. The third-order valence-corrected chi connectivity index (χ3v) is 3.97. The van der Waals surface area contributed by atoms with Crippen molar-refractivity contribution in [3.63, 3.8) is 0 Å². The number of hydrogen-bond acceptors (Lipinski definition) is 3. The van der Waals surface area contributed by atoms with Crippen molar-refractivity contribution in [2.24, 2.45) is 7.05 Å². The van der Waals surface area contributed by atoms with Crippen LogP contribution in [0, 0.1) is 11.3 Å². The van der Waals surface area contributed by atoms with Crippen molar-refractivity contribution >= 4 is 16.6 Å². The third-order valence-electron chi connectivity index (χ3n) is 3.97. The van der Waals surface area contributed by atoms with Crippen molar-refractivity contribution in [1.29, 1.82) is 5.26 Å². The van der Waals surface area contributed by atoms with Crippen molar-refractivity contribution in [3.8, 4) is 11.8 Å². The number of fused-ring (bicyclic) bond motifs is 3. The highest BCUT2D eigenvalue weighted by Gasteiger charge is 2.23. The fourth-order valence-electron chi connectivity index (χ4n) is 2.96. The molecule has 0 unspecified atom stereocenters. The molecule has 0 amide bonds. The summed E-state index contributed by atoms with van der Waals surface area (Å²) in [5.41, 5.74) is 5.27. The summed E-state index contributed by atoms with van der Waals surface area (Å²) in [5.74, 6) is 0.868. The first-order chi connectivity index (χ1) is 9.67. The second-order valence-electron chi connectivity index (χ2n) is 5.06. The molecule has 3 rings (SSSR count). The number of aryl methyl sites for hydroxylation is 1. The largest absolute Gasteiger partial charge is 0.497 e. The van der Waals surface area contributed by atoms with E-state index < -0.39 is 0 Å². The first kappa shape index (κ1) is 12.6. The van der Waals surface area contributed by atoms with Gasteiger partial charge in [0, 0.05) is 24.5 Å². The molecule has 0 aliphatic carbocycles. The van der Waals surface area contributed by atoms with Crippen LogP contribution in [0.2, 0.25) is 0 Å². The van der Waals surface area contributed by atoms with Gasteiger partial charge < -0.3 is 14.6 Å². The van der Waals surface area contributed by atoms with Crippen LogP contribution in [0.3, 0.4) is 0 Å². The zero-order valence-corrected chi connectivity index (χ0v) is 11.9. The van der Waals surface area contributed by atoms with Crippen molar-refractivity contribution in [2.75, 3.05) is 13.7 Å². The predicted octanol–water partition coefficient (Wildman–Crippen LogP) is 2.59. The maximum absolute atomic E-state index is 9.18. The predicted molar refractivity (Wildman–Crippen MR) is 79.4 cm³/mol. The fourth-order valence-corrected chi connectivity index (χ4v) is 2.96. The number of allylic oxidation sites excluding steroid dienone is 1. The highest BCUT2D eigenvalue weighted by atomic mass is 16.5. The van der Waals surface area contributed by atoms with Gasteiger partial charge in [0.05, 0.1) is 30.1 Å². The van der Waals surface area contributed by atoms with Gasteiger partial charge in [-0.25, -0.2) is 0 Å². The van der Waals surface area contributed by atoms with Crippen LogP contribution in [0.4, 0.5) is 0 Å². The summed E-state index contributed by atoms with van der Waals surface area (Å²) in [7, 11) is 3.73. The SMILES string of the molecule is COc1ccc2c(c1)c1c(n2C)/C(=C(\C)C#N)NCC1. The lowest BCUT2D eigenvalue weighted by atomic mass is 10.00. The number of methoxy groups -OCH3 is 1. The maximum Gasteiger partial charge on any atom is 0.119 e. The van der Waals surface area contributed by atoms with Crippen LogP contribution in [0.1, 0.15) is 18.2 Å². The molecule has 0 saturated heterocycles. The Bertz CT molecular complexity index is 762. The summed E-state index contributed by atoms with van der Waals surface area (Å²) in [5, 5.41) is 13.8. The molecule has 0 fully saturated rings. The molecular weight excluding hydrogens is 250 g/mol. The van der Waals surface area contributed by atoms with Gasteiger partial charge in [0.1, 0.15) is 5.75 Å². The first-order valence-electron chi connectivity index (χ1n) is 6.68. The number of nitrogens with one attached hydrogen (secondary N) is 1. The lowest BCUT2D eigenvalue weighted by Gasteiger charge is -2.20. The van der Waals surface area contributed by atoms with Crippen molar-refractivity contribution < 1.29 is 4.74 Å². The van der Waals surface area contributed by atoms with Crippen molar-refractivity contribution in [1.82, 2.24) is 9.88 Å². The zero-order valence-electron chi connectivity index (χ0n) is 11.9. The van der Waals surface area contributed by atoms with Gasteiger partial charge in [0.15, 0.2) is 0 Å². The van der Waals surface area contributed by atoms with Crippen LogP contribution in [-0.4, -0.2) is 18.2 Å². The second kappa shape index (κ2) is 4.61. The van der Waals surface area contributed by atoms with E-state index in [0.717, 1.165) is 35.7 Å². The van der Waals surface area contributed by atoms with E-state index in [2.05, 4.69) is 28.1 Å². The molecule has 0 saturated carbocycles. The second-order valence-corrected chi connectivity index (χ2v) is 5.06. The zero-order chi connectivity index (χ0) is 14.3.